The maximum absolute atomic E-state index is 10.5. The van der Waals surface area contributed by atoms with Gasteiger partial charge in [-0.1, -0.05) is 11.3 Å². The van der Waals surface area contributed by atoms with E-state index in [1.54, 1.807) is 0 Å². The molecule has 6 nitrogen and oxygen atoms in total. The largest absolute Gasteiger partial charge is 0.477 e. The van der Waals surface area contributed by atoms with Crippen LogP contribution in [0.3, 0.4) is 0 Å². The lowest BCUT2D eigenvalue weighted by atomic mass is 10.2. The Balaban J connectivity index is 3.04. The van der Waals surface area contributed by atoms with Gasteiger partial charge in [0, 0.05) is 11.4 Å². The first-order chi connectivity index (χ1) is 7.04. The Morgan fingerprint density at radius 2 is 2.40 bits per heavy atom. The molecular formula is C8H4N2O4S. The second-order valence-electron chi connectivity index (χ2n) is 2.45. The van der Waals surface area contributed by atoms with Crippen LogP contribution in [0, 0.1) is 21.4 Å². The first-order valence-electron chi connectivity index (χ1n) is 3.62. The van der Waals surface area contributed by atoms with E-state index in [0.717, 1.165) is 17.4 Å². The zero-order valence-electron chi connectivity index (χ0n) is 7.21. The molecule has 15 heavy (non-hydrogen) atoms. The summed E-state index contributed by atoms with van der Waals surface area (Å²) >= 11 is 0.876. The molecule has 0 fully saturated rings. The van der Waals surface area contributed by atoms with Gasteiger partial charge in [-0.05, 0) is 11.6 Å². The third kappa shape index (κ3) is 2.62. The highest BCUT2D eigenvalue weighted by Crippen LogP contribution is 2.24. The van der Waals surface area contributed by atoms with Gasteiger partial charge in [0.2, 0.25) is 0 Å². The van der Waals surface area contributed by atoms with E-state index in [-0.39, 0.29) is 5.00 Å². The zero-order chi connectivity index (χ0) is 11.4. The van der Waals surface area contributed by atoms with Gasteiger partial charge < -0.3 is 5.11 Å². The molecule has 0 saturated heterocycles. The number of nitrogens with zero attached hydrogens (tertiary/aromatic N) is 2. The average molecular weight is 224 g/mol. The molecule has 1 rings (SSSR count). The maximum atomic E-state index is 10.5. The third-order valence-corrected chi connectivity index (χ3v) is 2.35. The zero-order valence-corrected chi connectivity index (χ0v) is 8.02. The van der Waals surface area contributed by atoms with E-state index in [0.29, 0.717) is 5.56 Å². The van der Waals surface area contributed by atoms with Crippen LogP contribution in [0.15, 0.2) is 17.0 Å². The second-order valence-corrected chi connectivity index (χ2v) is 3.34. The summed E-state index contributed by atoms with van der Waals surface area (Å²) in [5.74, 6) is -1.36. The van der Waals surface area contributed by atoms with Gasteiger partial charge >= 0.3 is 11.0 Å². The summed E-state index contributed by atoms with van der Waals surface area (Å²) in [6.45, 7) is 0. The first-order valence-corrected chi connectivity index (χ1v) is 4.50. The highest BCUT2D eigenvalue weighted by atomic mass is 32.1. The van der Waals surface area contributed by atoms with Crippen LogP contribution in [-0.2, 0) is 4.79 Å². The lowest BCUT2D eigenvalue weighted by Crippen LogP contribution is -1.96. The Morgan fingerprint density at radius 1 is 1.73 bits per heavy atom. The molecule has 0 aliphatic rings. The normalized spacial score (nSPS) is 10.7. The molecule has 0 unspecified atom stereocenters. The summed E-state index contributed by atoms with van der Waals surface area (Å²) in [6, 6.07) is 2.70. The van der Waals surface area contributed by atoms with Gasteiger partial charge in [0.05, 0.1) is 4.92 Å². The molecule has 0 aliphatic heterocycles. The third-order valence-electron chi connectivity index (χ3n) is 1.45. The topological polar surface area (TPSA) is 104 Å². The lowest BCUT2D eigenvalue weighted by Gasteiger charge is -1.86. The molecule has 1 heterocycles. The number of nitriles is 1. The van der Waals surface area contributed by atoms with E-state index in [1.807, 2.05) is 0 Å². The van der Waals surface area contributed by atoms with Crippen molar-refractivity contribution in [3.63, 3.8) is 0 Å². The van der Waals surface area contributed by atoms with Crippen LogP contribution in [0.4, 0.5) is 5.00 Å². The number of hydrogen-bond acceptors (Lipinski definition) is 5. The fourth-order valence-corrected chi connectivity index (χ4v) is 1.50. The smallest absolute Gasteiger partial charge is 0.346 e. The van der Waals surface area contributed by atoms with Gasteiger partial charge in [-0.25, -0.2) is 4.79 Å². The molecule has 1 aromatic rings. The minimum atomic E-state index is -1.36. The monoisotopic (exact) mass is 224 g/mol. The van der Waals surface area contributed by atoms with Gasteiger partial charge in [-0.15, -0.1) is 0 Å². The number of rotatable bonds is 3. The van der Waals surface area contributed by atoms with Crippen LogP contribution in [0.5, 0.6) is 0 Å². The summed E-state index contributed by atoms with van der Waals surface area (Å²) in [4.78, 5) is 20.2. The van der Waals surface area contributed by atoms with Crippen LogP contribution in [-0.4, -0.2) is 16.0 Å². The minimum absolute atomic E-state index is 0.0936. The SMILES string of the molecule is N#C/C(=C/c1csc([N+](=O)[O-])c1)C(=O)O. The molecule has 0 bridgehead atoms. The average Bonchev–Trinajstić information content (AvgIpc) is 2.61. The van der Waals surface area contributed by atoms with Crippen molar-refractivity contribution in [2.45, 2.75) is 0 Å². The van der Waals surface area contributed by atoms with Crippen LogP contribution >= 0.6 is 11.3 Å². The van der Waals surface area contributed by atoms with E-state index >= 15 is 0 Å². The van der Waals surface area contributed by atoms with E-state index in [1.165, 1.54) is 17.5 Å². The van der Waals surface area contributed by atoms with Crippen molar-refractivity contribution in [3.05, 3.63) is 32.7 Å². The fourth-order valence-electron chi connectivity index (χ4n) is 0.819. The van der Waals surface area contributed by atoms with Crippen molar-refractivity contribution in [1.29, 1.82) is 5.26 Å². The highest BCUT2D eigenvalue weighted by Gasteiger charge is 2.11. The number of aliphatic carboxylic acids is 1. The molecule has 0 atom stereocenters. The standard InChI is InChI=1S/C8H4N2O4S/c9-3-6(8(11)12)1-5-2-7(10(13)14)15-4-5/h1-2,4H,(H,11,12)/b6-1-. The molecule has 0 radical (unpaired) electrons. The minimum Gasteiger partial charge on any atom is -0.477 e. The second kappa shape index (κ2) is 4.34. The number of carboxylic acids is 1. The van der Waals surface area contributed by atoms with Crippen molar-refractivity contribution in [2.24, 2.45) is 0 Å². The quantitative estimate of drug-likeness (QED) is 0.363. The van der Waals surface area contributed by atoms with Crippen molar-refractivity contribution in [3.8, 4) is 6.07 Å². The summed E-state index contributed by atoms with van der Waals surface area (Å²) < 4.78 is 0. The summed E-state index contributed by atoms with van der Waals surface area (Å²) in [5.41, 5.74) is -0.117. The predicted molar refractivity (Wildman–Crippen MR) is 52.2 cm³/mol. The van der Waals surface area contributed by atoms with Crippen LogP contribution in [0.1, 0.15) is 5.56 Å². The molecule has 1 aromatic heterocycles. The molecule has 7 heteroatoms. The van der Waals surface area contributed by atoms with Gasteiger partial charge in [-0.2, -0.15) is 5.26 Å². The Bertz CT molecular complexity index is 483. The Labute approximate surface area is 87.8 Å². The fraction of sp³-hybridized carbons (Fsp3) is 0. The number of carboxylic acid groups (broad SMARTS) is 1. The molecular weight excluding hydrogens is 220 g/mol. The van der Waals surface area contributed by atoms with E-state index in [4.69, 9.17) is 10.4 Å². The van der Waals surface area contributed by atoms with E-state index in [2.05, 4.69) is 0 Å². The summed E-state index contributed by atoms with van der Waals surface area (Å²) in [5, 5.41) is 28.6. The van der Waals surface area contributed by atoms with Gasteiger partial charge in [0.1, 0.15) is 11.6 Å². The number of nitro groups is 1. The van der Waals surface area contributed by atoms with Crippen LogP contribution in [0.25, 0.3) is 6.08 Å². The Kier molecular flexibility index (Phi) is 3.15. The van der Waals surface area contributed by atoms with Crippen molar-refractivity contribution in [1.82, 2.24) is 0 Å². The van der Waals surface area contributed by atoms with Gasteiger partial charge in [-0.3, -0.25) is 10.1 Å². The van der Waals surface area contributed by atoms with Crippen LogP contribution in [0.2, 0.25) is 0 Å². The molecule has 0 aliphatic carbocycles. The predicted octanol–water partition coefficient (Wildman–Crippen LogP) is 1.65. The lowest BCUT2D eigenvalue weighted by molar-refractivity contribution is -0.380. The van der Waals surface area contributed by atoms with Gasteiger partial charge in [0.15, 0.2) is 0 Å². The highest BCUT2D eigenvalue weighted by molar-refractivity contribution is 7.13. The van der Waals surface area contributed by atoms with Crippen molar-refractivity contribution >= 4 is 28.4 Å². The number of hydrogen-bond donors (Lipinski definition) is 1. The maximum Gasteiger partial charge on any atom is 0.346 e. The summed E-state index contributed by atoms with van der Waals surface area (Å²) in [6.07, 6.45) is 1.09. The molecule has 0 saturated carbocycles. The molecule has 76 valence electrons. The van der Waals surface area contributed by atoms with Crippen LogP contribution < -0.4 is 0 Å². The Hall–Kier alpha value is -2.20. The molecule has 0 spiro atoms. The summed E-state index contributed by atoms with van der Waals surface area (Å²) in [7, 11) is 0. The van der Waals surface area contributed by atoms with Crippen molar-refractivity contribution in [2.75, 3.05) is 0 Å². The number of thiophene rings is 1. The Morgan fingerprint density at radius 3 is 2.80 bits per heavy atom. The molecule has 0 aromatic carbocycles. The van der Waals surface area contributed by atoms with Gasteiger partial charge in [0.25, 0.3) is 0 Å². The molecule has 1 N–H and O–H groups in total. The number of carbonyl (C=O) groups is 1. The first kappa shape index (κ1) is 10.9. The van der Waals surface area contributed by atoms with E-state index < -0.39 is 16.5 Å². The van der Waals surface area contributed by atoms with Crippen molar-refractivity contribution < 1.29 is 14.8 Å². The molecule has 0 amide bonds. The van der Waals surface area contributed by atoms with E-state index in [9.17, 15) is 14.9 Å².